The average molecular weight is 382 g/mol. The lowest BCUT2D eigenvalue weighted by atomic mass is 10.3. The number of aryl methyl sites for hydroxylation is 1. The smallest absolute Gasteiger partial charge is 0.255 e. The fraction of sp³-hybridized carbons (Fsp3) is 0.150. The molecule has 0 unspecified atom stereocenters. The normalized spacial score (nSPS) is 10.4. The Kier molecular flexibility index (Phi) is 5.69. The van der Waals surface area contributed by atoms with Gasteiger partial charge in [0.05, 0.1) is 7.11 Å². The van der Waals surface area contributed by atoms with E-state index in [1.807, 2.05) is 0 Å². The number of carbonyl (C=O) groups excluding carboxylic acids is 1. The summed E-state index contributed by atoms with van der Waals surface area (Å²) in [5, 5.41) is 5.61. The number of nitrogens with one attached hydrogen (secondary N) is 2. The molecular formula is C20H19FN4O3. The molecule has 0 aliphatic rings. The van der Waals surface area contributed by atoms with Crippen molar-refractivity contribution in [3.63, 3.8) is 0 Å². The van der Waals surface area contributed by atoms with Crippen LogP contribution in [0, 0.1) is 12.7 Å². The van der Waals surface area contributed by atoms with E-state index in [1.165, 1.54) is 35.9 Å². The highest BCUT2D eigenvalue weighted by atomic mass is 19.1. The summed E-state index contributed by atoms with van der Waals surface area (Å²) < 4.78 is 19.8. The molecule has 7 nitrogen and oxygen atoms in total. The molecule has 3 rings (SSSR count). The van der Waals surface area contributed by atoms with E-state index in [1.54, 1.807) is 37.3 Å². The van der Waals surface area contributed by atoms with E-state index >= 15 is 0 Å². The van der Waals surface area contributed by atoms with E-state index in [0.717, 1.165) is 0 Å². The van der Waals surface area contributed by atoms with Crippen LogP contribution in [-0.2, 0) is 11.3 Å². The zero-order chi connectivity index (χ0) is 20.1. The highest BCUT2D eigenvalue weighted by molar-refractivity contribution is 5.91. The van der Waals surface area contributed by atoms with Crippen molar-refractivity contribution in [2.75, 3.05) is 17.7 Å². The topological polar surface area (TPSA) is 85.2 Å². The number of hydrogen-bond acceptors (Lipinski definition) is 5. The van der Waals surface area contributed by atoms with Crippen LogP contribution in [0.25, 0.3) is 0 Å². The summed E-state index contributed by atoms with van der Waals surface area (Å²) in [6.45, 7) is 1.40. The summed E-state index contributed by atoms with van der Waals surface area (Å²) in [6, 6.07) is 14.0. The highest BCUT2D eigenvalue weighted by Crippen LogP contribution is 2.18. The van der Waals surface area contributed by atoms with Gasteiger partial charge in [0.25, 0.3) is 5.56 Å². The monoisotopic (exact) mass is 382 g/mol. The molecule has 1 heterocycles. The molecule has 0 aliphatic carbocycles. The first-order chi connectivity index (χ1) is 13.4. The maximum Gasteiger partial charge on any atom is 0.255 e. The molecule has 1 amide bonds. The molecule has 3 aromatic rings. The number of rotatable bonds is 6. The van der Waals surface area contributed by atoms with Crippen molar-refractivity contribution in [1.82, 2.24) is 9.55 Å². The second-order valence-corrected chi connectivity index (χ2v) is 6.06. The Labute approximate surface area is 160 Å². The van der Waals surface area contributed by atoms with Gasteiger partial charge < -0.3 is 15.4 Å². The zero-order valence-electron chi connectivity index (χ0n) is 15.4. The van der Waals surface area contributed by atoms with Crippen molar-refractivity contribution in [2.24, 2.45) is 0 Å². The van der Waals surface area contributed by atoms with E-state index in [0.29, 0.717) is 22.8 Å². The fourth-order valence-electron chi connectivity index (χ4n) is 2.61. The molecule has 0 radical (unpaired) electrons. The van der Waals surface area contributed by atoms with Gasteiger partial charge in [0.1, 0.15) is 18.1 Å². The Morgan fingerprint density at radius 2 is 1.89 bits per heavy atom. The Morgan fingerprint density at radius 1 is 1.14 bits per heavy atom. The maximum absolute atomic E-state index is 13.4. The average Bonchev–Trinajstić information content (AvgIpc) is 2.64. The molecule has 2 aromatic carbocycles. The molecule has 144 valence electrons. The first-order valence-corrected chi connectivity index (χ1v) is 8.49. The van der Waals surface area contributed by atoms with Gasteiger partial charge in [0.2, 0.25) is 11.9 Å². The number of anilines is 3. The van der Waals surface area contributed by atoms with Crippen LogP contribution >= 0.6 is 0 Å². The van der Waals surface area contributed by atoms with Crippen LogP contribution in [0.4, 0.5) is 21.7 Å². The van der Waals surface area contributed by atoms with Crippen LogP contribution in [0.5, 0.6) is 5.75 Å². The second-order valence-electron chi connectivity index (χ2n) is 6.06. The lowest BCUT2D eigenvalue weighted by molar-refractivity contribution is -0.116. The summed E-state index contributed by atoms with van der Waals surface area (Å²) in [5.41, 5.74) is 1.04. The lowest BCUT2D eigenvalue weighted by Gasteiger charge is -2.14. The van der Waals surface area contributed by atoms with Gasteiger partial charge >= 0.3 is 0 Å². The Hall–Kier alpha value is -3.68. The molecule has 28 heavy (non-hydrogen) atoms. The molecule has 0 aliphatic heterocycles. The van der Waals surface area contributed by atoms with Gasteiger partial charge in [0, 0.05) is 29.2 Å². The van der Waals surface area contributed by atoms with Crippen LogP contribution in [0.2, 0.25) is 0 Å². The largest absolute Gasteiger partial charge is 0.497 e. The summed E-state index contributed by atoms with van der Waals surface area (Å²) in [4.78, 5) is 29.1. The van der Waals surface area contributed by atoms with Gasteiger partial charge in [-0.15, -0.1) is 0 Å². The van der Waals surface area contributed by atoms with Crippen molar-refractivity contribution >= 4 is 23.2 Å². The van der Waals surface area contributed by atoms with E-state index in [4.69, 9.17) is 4.74 Å². The van der Waals surface area contributed by atoms with Gasteiger partial charge in [-0.2, -0.15) is 0 Å². The first kappa shape index (κ1) is 19.1. The Bertz CT molecular complexity index is 1070. The molecule has 8 heteroatoms. The van der Waals surface area contributed by atoms with Gasteiger partial charge in [-0.3, -0.25) is 14.2 Å². The third-order valence-corrected chi connectivity index (χ3v) is 3.87. The number of aromatic nitrogens is 2. The molecule has 1 aromatic heterocycles. The third-order valence-electron chi connectivity index (χ3n) is 3.87. The molecule has 0 fully saturated rings. The van der Waals surface area contributed by atoms with Crippen molar-refractivity contribution in [3.8, 4) is 5.75 Å². The summed E-state index contributed by atoms with van der Waals surface area (Å²) in [6.07, 6.45) is 0. The number of amides is 1. The van der Waals surface area contributed by atoms with E-state index in [2.05, 4.69) is 15.6 Å². The lowest BCUT2D eigenvalue weighted by Crippen LogP contribution is -2.30. The summed E-state index contributed by atoms with van der Waals surface area (Å²) in [5.74, 6) is -0.0950. The SMILES string of the molecule is COc1cccc(NC(=O)Cn2c(Nc3cccc(F)c3)nc(C)cc2=O)c1. The first-order valence-electron chi connectivity index (χ1n) is 8.49. The summed E-state index contributed by atoms with van der Waals surface area (Å²) in [7, 11) is 1.53. The molecule has 0 spiro atoms. The summed E-state index contributed by atoms with van der Waals surface area (Å²) >= 11 is 0. The maximum atomic E-state index is 13.4. The number of halogens is 1. The predicted octanol–water partition coefficient (Wildman–Crippen LogP) is 3.08. The van der Waals surface area contributed by atoms with Crippen LogP contribution in [-0.4, -0.2) is 22.6 Å². The van der Waals surface area contributed by atoms with Gasteiger partial charge in [-0.1, -0.05) is 12.1 Å². The van der Waals surface area contributed by atoms with Crippen LogP contribution in [0.3, 0.4) is 0 Å². The third kappa shape index (κ3) is 4.73. The molecular weight excluding hydrogens is 363 g/mol. The van der Waals surface area contributed by atoms with Crippen LogP contribution in [0.15, 0.2) is 59.4 Å². The van der Waals surface area contributed by atoms with Gasteiger partial charge in [0.15, 0.2) is 0 Å². The molecule has 0 saturated heterocycles. The van der Waals surface area contributed by atoms with E-state index in [-0.39, 0.29) is 12.5 Å². The Balaban J connectivity index is 1.84. The minimum atomic E-state index is -0.428. The molecule has 0 bridgehead atoms. The van der Waals surface area contributed by atoms with Crippen molar-refractivity contribution in [2.45, 2.75) is 13.5 Å². The molecule has 2 N–H and O–H groups in total. The number of hydrogen-bond donors (Lipinski definition) is 2. The van der Waals surface area contributed by atoms with Gasteiger partial charge in [-0.05, 0) is 37.3 Å². The number of nitrogens with zero attached hydrogens (tertiary/aromatic N) is 2. The van der Waals surface area contributed by atoms with E-state index < -0.39 is 17.3 Å². The zero-order valence-corrected chi connectivity index (χ0v) is 15.4. The number of methoxy groups -OCH3 is 1. The van der Waals surface area contributed by atoms with Crippen molar-refractivity contribution in [1.29, 1.82) is 0 Å². The quantitative estimate of drug-likeness (QED) is 0.684. The van der Waals surface area contributed by atoms with Gasteiger partial charge in [-0.25, -0.2) is 9.37 Å². The van der Waals surface area contributed by atoms with Crippen LogP contribution in [0.1, 0.15) is 5.69 Å². The van der Waals surface area contributed by atoms with Crippen molar-refractivity contribution in [3.05, 3.63) is 76.5 Å². The second kappa shape index (κ2) is 8.34. The molecule has 0 saturated carbocycles. The van der Waals surface area contributed by atoms with Crippen molar-refractivity contribution < 1.29 is 13.9 Å². The van der Waals surface area contributed by atoms with Crippen LogP contribution < -0.4 is 20.9 Å². The standard InChI is InChI=1S/C20H19FN4O3/c1-13-9-19(27)25(20(22-13)24-15-6-3-5-14(21)10-15)12-18(26)23-16-7-4-8-17(11-16)28-2/h3-11H,12H2,1-2H3,(H,22,24)(H,23,26). The minimum absolute atomic E-state index is 0.149. The number of benzene rings is 2. The van der Waals surface area contributed by atoms with E-state index in [9.17, 15) is 14.0 Å². The minimum Gasteiger partial charge on any atom is -0.497 e. The fourth-order valence-corrected chi connectivity index (χ4v) is 2.61. The number of carbonyl (C=O) groups is 1. The Morgan fingerprint density at radius 3 is 2.64 bits per heavy atom. The number of ether oxygens (including phenoxy) is 1. The highest BCUT2D eigenvalue weighted by Gasteiger charge is 2.12. The predicted molar refractivity (Wildman–Crippen MR) is 105 cm³/mol. The molecule has 0 atom stereocenters.